The highest BCUT2D eigenvalue weighted by Gasteiger charge is 2.28. The molecule has 0 aromatic heterocycles. The first-order valence-electron chi connectivity index (χ1n) is 9.99. The fourth-order valence-corrected chi connectivity index (χ4v) is 2.84. The molecule has 0 bridgehead atoms. The van der Waals surface area contributed by atoms with Gasteiger partial charge in [0.25, 0.3) is 0 Å². The van der Waals surface area contributed by atoms with E-state index in [0.29, 0.717) is 24.9 Å². The van der Waals surface area contributed by atoms with E-state index in [0.717, 1.165) is 0 Å². The first-order valence-corrected chi connectivity index (χ1v) is 9.99. The van der Waals surface area contributed by atoms with E-state index in [9.17, 15) is 29.4 Å². The number of unbranched alkanes of at least 4 members (excludes halogenated alkanes) is 1. The lowest BCUT2D eigenvalue weighted by molar-refractivity contribution is -0.142. The van der Waals surface area contributed by atoms with E-state index in [1.165, 1.54) is 12.1 Å². The van der Waals surface area contributed by atoms with Crippen molar-refractivity contribution in [3.63, 3.8) is 0 Å². The van der Waals surface area contributed by atoms with Crippen molar-refractivity contribution >= 4 is 23.7 Å². The Kier molecular flexibility index (Phi) is 11.0. The summed E-state index contributed by atoms with van der Waals surface area (Å²) in [5, 5.41) is 23.5. The van der Waals surface area contributed by atoms with Gasteiger partial charge in [-0.15, -0.1) is 0 Å². The molecule has 1 aromatic carbocycles. The van der Waals surface area contributed by atoms with Crippen LogP contribution in [0.2, 0.25) is 0 Å². The van der Waals surface area contributed by atoms with Crippen LogP contribution in [0.1, 0.15) is 37.7 Å². The van der Waals surface area contributed by atoms with E-state index in [4.69, 9.17) is 17.2 Å². The molecule has 0 radical (unpaired) electrons. The molecule has 0 aliphatic carbocycles. The van der Waals surface area contributed by atoms with Crippen molar-refractivity contribution < 1.29 is 29.4 Å². The highest BCUT2D eigenvalue weighted by atomic mass is 16.4. The van der Waals surface area contributed by atoms with Crippen molar-refractivity contribution in [1.82, 2.24) is 10.6 Å². The van der Waals surface area contributed by atoms with Crippen LogP contribution in [-0.2, 0) is 25.6 Å². The second-order valence-corrected chi connectivity index (χ2v) is 7.23. The predicted octanol–water partition coefficient (Wildman–Crippen LogP) is -1.29. The second kappa shape index (κ2) is 13.2. The van der Waals surface area contributed by atoms with E-state index in [1.807, 2.05) is 0 Å². The molecule has 10 N–H and O–H groups in total. The Balaban J connectivity index is 2.79. The van der Waals surface area contributed by atoms with E-state index >= 15 is 0 Å². The fourth-order valence-electron chi connectivity index (χ4n) is 2.84. The van der Waals surface area contributed by atoms with E-state index < -0.39 is 41.8 Å². The largest absolute Gasteiger partial charge is 0.508 e. The van der Waals surface area contributed by atoms with Crippen LogP contribution >= 0.6 is 0 Å². The van der Waals surface area contributed by atoms with Crippen LogP contribution in [0.15, 0.2) is 24.3 Å². The average Bonchev–Trinajstić information content (AvgIpc) is 2.71. The summed E-state index contributed by atoms with van der Waals surface area (Å²) in [6.07, 6.45) is 1.14. The van der Waals surface area contributed by atoms with Gasteiger partial charge in [0.05, 0.1) is 6.04 Å². The maximum absolute atomic E-state index is 12.6. The highest BCUT2D eigenvalue weighted by Crippen LogP contribution is 2.11. The van der Waals surface area contributed by atoms with E-state index in [-0.39, 0.29) is 31.4 Å². The molecule has 3 amide bonds. The Bertz CT molecular complexity index is 755. The van der Waals surface area contributed by atoms with Gasteiger partial charge in [0, 0.05) is 6.42 Å². The smallest absolute Gasteiger partial charge is 0.326 e. The van der Waals surface area contributed by atoms with Crippen molar-refractivity contribution in [2.45, 2.75) is 56.7 Å². The zero-order valence-electron chi connectivity index (χ0n) is 17.3. The third-order valence-electron chi connectivity index (χ3n) is 4.60. The molecule has 3 unspecified atom stereocenters. The first kappa shape index (κ1) is 25.9. The Labute approximate surface area is 180 Å². The zero-order valence-corrected chi connectivity index (χ0v) is 17.3. The van der Waals surface area contributed by atoms with Gasteiger partial charge >= 0.3 is 5.97 Å². The minimum atomic E-state index is -1.21. The number of phenolic OH excluding ortho intramolecular Hbond substituents is 1. The molecule has 0 aliphatic heterocycles. The molecule has 1 aromatic rings. The molecule has 3 atom stereocenters. The topological polar surface area (TPSA) is 211 Å². The summed E-state index contributed by atoms with van der Waals surface area (Å²) in [6.45, 7) is 0.399. The summed E-state index contributed by atoms with van der Waals surface area (Å²) in [6, 6.07) is 2.80. The van der Waals surface area contributed by atoms with Gasteiger partial charge in [-0.25, -0.2) is 4.79 Å². The molecule has 0 aliphatic rings. The van der Waals surface area contributed by atoms with Gasteiger partial charge in [-0.05, 0) is 56.3 Å². The number of carbonyl (C=O) groups excluding carboxylic acids is 3. The monoisotopic (exact) mass is 437 g/mol. The van der Waals surface area contributed by atoms with Gasteiger partial charge in [-0.2, -0.15) is 0 Å². The molecular weight excluding hydrogens is 406 g/mol. The molecule has 0 saturated carbocycles. The number of phenols is 1. The third-order valence-corrected chi connectivity index (χ3v) is 4.60. The first-order chi connectivity index (χ1) is 14.6. The van der Waals surface area contributed by atoms with Gasteiger partial charge in [0.2, 0.25) is 17.7 Å². The van der Waals surface area contributed by atoms with Crippen molar-refractivity contribution in [3.8, 4) is 5.75 Å². The summed E-state index contributed by atoms with van der Waals surface area (Å²) in [7, 11) is 0. The number of nitrogens with one attached hydrogen (secondary N) is 2. The lowest BCUT2D eigenvalue weighted by Crippen LogP contribution is -2.55. The number of aliphatic carboxylic acids is 1. The van der Waals surface area contributed by atoms with Gasteiger partial charge in [0.15, 0.2) is 0 Å². The van der Waals surface area contributed by atoms with Crippen molar-refractivity contribution in [3.05, 3.63) is 29.8 Å². The number of carbonyl (C=O) groups is 4. The van der Waals surface area contributed by atoms with Gasteiger partial charge in [-0.3, -0.25) is 14.4 Å². The van der Waals surface area contributed by atoms with Crippen molar-refractivity contribution in [2.24, 2.45) is 17.2 Å². The highest BCUT2D eigenvalue weighted by molar-refractivity contribution is 5.92. The minimum absolute atomic E-state index is 0.0735. The number of hydrogen-bond acceptors (Lipinski definition) is 7. The number of aromatic hydroxyl groups is 1. The number of primary amides is 1. The molecule has 11 heteroatoms. The number of hydrogen-bond donors (Lipinski definition) is 7. The number of carboxylic acids is 1. The summed E-state index contributed by atoms with van der Waals surface area (Å²) >= 11 is 0. The molecule has 0 heterocycles. The van der Waals surface area contributed by atoms with Crippen LogP contribution in [0.4, 0.5) is 0 Å². The number of amides is 3. The van der Waals surface area contributed by atoms with Crippen LogP contribution in [0.3, 0.4) is 0 Å². The van der Waals surface area contributed by atoms with Gasteiger partial charge in [-0.1, -0.05) is 12.1 Å². The lowest BCUT2D eigenvalue weighted by atomic mass is 10.0. The maximum atomic E-state index is 12.6. The summed E-state index contributed by atoms with van der Waals surface area (Å²) in [4.78, 5) is 47.7. The minimum Gasteiger partial charge on any atom is -0.508 e. The van der Waals surface area contributed by atoms with Crippen LogP contribution in [0.5, 0.6) is 5.75 Å². The van der Waals surface area contributed by atoms with Gasteiger partial charge in [0.1, 0.15) is 17.8 Å². The fraction of sp³-hybridized carbons (Fsp3) is 0.500. The maximum Gasteiger partial charge on any atom is 0.326 e. The Hall–Kier alpha value is -3.18. The van der Waals surface area contributed by atoms with Crippen LogP contribution < -0.4 is 27.8 Å². The number of rotatable bonds is 14. The van der Waals surface area contributed by atoms with Crippen LogP contribution in [0, 0.1) is 0 Å². The summed E-state index contributed by atoms with van der Waals surface area (Å²) in [5.41, 5.74) is 17.2. The summed E-state index contributed by atoms with van der Waals surface area (Å²) < 4.78 is 0. The molecule has 11 nitrogen and oxygen atoms in total. The number of benzene rings is 1. The third kappa shape index (κ3) is 9.92. The Morgan fingerprint density at radius 3 is 2.10 bits per heavy atom. The van der Waals surface area contributed by atoms with E-state index in [1.54, 1.807) is 12.1 Å². The van der Waals surface area contributed by atoms with Crippen molar-refractivity contribution in [1.29, 1.82) is 0 Å². The lowest BCUT2D eigenvalue weighted by Gasteiger charge is -2.22. The normalized spacial score (nSPS) is 13.6. The average molecular weight is 437 g/mol. The second-order valence-electron chi connectivity index (χ2n) is 7.23. The molecule has 0 saturated heterocycles. The molecule has 31 heavy (non-hydrogen) atoms. The van der Waals surface area contributed by atoms with Crippen LogP contribution in [-0.4, -0.2) is 58.6 Å². The molecule has 0 fully saturated rings. The Morgan fingerprint density at radius 1 is 0.935 bits per heavy atom. The van der Waals surface area contributed by atoms with Crippen molar-refractivity contribution in [2.75, 3.05) is 6.54 Å². The SMILES string of the molecule is NCCCCC(NC(=O)C(CCC(N)=O)NC(=O)C(N)Cc1ccc(O)cc1)C(=O)O. The summed E-state index contributed by atoms with van der Waals surface area (Å²) in [5.74, 6) is -3.20. The Morgan fingerprint density at radius 2 is 1.55 bits per heavy atom. The quantitative estimate of drug-likeness (QED) is 0.174. The predicted molar refractivity (Wildman–Crippen MR) is 113 cm³/mol. The molecule has 172 valence electrons. The molecular formula is C20H31N5O6. The zero-order chi connectivity index (χ0) is 23.4. The standard InChI is InChI=1S/C20H31N5O6/c21-10-2-1-3-16(20(30)31)25-19(29)15(8-9-17(23)27)24-18(28)14(22)11-12-4-6-13(26)7-5-12/h4-7,14-16,26H,1-3,8-11,21-22H2,(H2,23,27)(H,24,28)(H,25,29)(H,30,31). The molecule has 1 rings (SSSR count). The van der Waals surface area contributed by atoms with E-state index in [2.05, 4.69) is 10.6 Å². The van der Waals surface area contributed by atoms with Gasteiger partial charge < -0.3 is 38.0 Å². The number of nitrogens with two attached hydrogens (primary N) is 3. The number of carboxylic acid groups (broad SMARTS) is 1. The molecule has 0 spiro atoms. The van der Waals surface area contributed by atoms with Crippen LogP contribution in [0.25, 0.3) is 0 Å².